The van der Waals surface area contributed by atoms with Gasteiger partial charge in [0.05, 0.1) is 9.23 Å². The van der Waals surface area contributed by atoms with Crippen molar-refractivity contribution in [1.29, 1.82) is 0 Å². The van der Waals surface area contributed by atoms with Gasteiger partial charge in [-0.1, -0.05) is 29.9 Å². The van der Waals surface area contributed by atoms with Crippen LogP contribution in [0, 0.1) is 6.92 Å². The van der Waals surface area contributed by atoms with Crippen molar-refractivity contribution in [2.75, 3.05) is 0 Å². The van der Waals surface area contributed by atoms with Gasteiger partial charge in [-0.15, -0.1) is 11.3 Å². The monoisotopic (exact) mass is 360 g/mol. The van der Waals surface area contributed by atoms with Crippen LogP contribution in [0.1, 0.15) is 16.0 Å². The van der Waals surface area contributed by atoms with E-state index in [1.54, 1.807) is 31.2 Å². The number of aryl methyl sites for hydroxylation is 1. The summed E-state index contributed by atoms with van der Waals surface area (Å²) in [5.74, 6) is 0. The molecule has 0 spiro atoms. The largest absolute Gasteiger partial charge is 0.389 e. The average Bonchev–Trinajstić information content (AvgIpc) is 2.82. The van der Waals surface area contributed by atoms with Gasteiger partial charge in [-0.3, -0.25) is 0 Å². The van der Waals surface area contributed by atoms with E-state index in [0.717, 1.165) is 4.88 Å². The maximum absolute atomic E-state index is 12.3. The Balaban J connectivity index is 2.21. The van der Waals surface area contributed by atoms with Gasteiger partial charge < -0.3 is 5.73 Å². The molecule has 0 bridgehead atoms. The Hall–Kier alpha value is -0.990. The average molecular weight is 361 g/mol. The Morgan fingerprint density at radius 3 is 2.62 bits per heavy atom. The third-order valence-electron chi connectivity index (χ3n) is 2.81. The molecule has 0 aliphatic carbocycles. The second-order valence-electron chi connectivity index (χ2n) is 4.37. The van der Waals surface area contributed by atoms with Crippen molar-refractivity contribution in [3.05, 3.63) is 50.7 Å². The number of rotatable bonds is 5. The number of nitrogens with one attached hydrogen (secondary N) is 1. The molecule has 0 unspecified atom stereocenters. The van der Waals surface area contributed by atoms with Crippen molar-refractivity contribution in [3.8, 4) is 0 Å². The molecule has 0 amide bonds. The Morgan fingerprint density at radius 1 is 1.38 bits per heavy atom. The van der Waals surface area contributed by atoms with Gasteiger partial charge in [0.2, 0.25) is 10.0 Å². The first-order valence-electron chi connectivity index (χ1n) is 5.94. The van der Waals surface area contributed by atoms with Crippen LogP contribution in [-0.2, 0) is 16.6 Å². The van der Waals surface area contributed by atoms with Crippen LogP contribution in [0.5, 0.6) is 0 Å². The van der Waals surface area contributed by atoms with Crippen molar-refractivity contribution in [3.63, 3.8) is 0 Å². The highest BCUT2D eigenvalue weighted by Gasteiger charge is 2.17. The molecule has 3 N–H and O–H groups in total. The molecule has 1 aromatic carbocycles. The molecule has 0 aliphatic rings. The van der Waals surface area contributed by atoms with E-state index in [1.807, 2.05) is 0 Å². The van der Waals surface area contributed by atoms with Gasteiger partial charge in [0, 0.05) is 17.0 Å². The SMILES string of the molecule is Cc1cc(C(N)=S)ccc1S(=O)(=O)NCc1ccc(Cl)s1. The molecule has 112 valence electrons. The summed E-state index contributed by atoms with van der Waals surface area (Å²) in [4.78, 5) is 1.30. The zero-order chi connectivity index (χ0) is 15.6. The van der Waals surface area contributed by atoms with Gasteiger partial charge in [-0.2, -0.15) is 0 Å². The van der Waals surface area contributed by atoms with Crippen molar-refractivity contribution in [2.45, 2.75) is 18.4 Å². The van der Waals surface area contributed by atoms with Crippen LogP contribution < -0.4 is 10.5 Å². The molecule has 2 rings (SSSR count). The maximum Gasteiger partial charge on any atom is 0.241 e. The van der Waals surface area contributed by atoms with Gasteiger partial charge in [-0.25, -0.2) is 13.1 Å². The number of nitrogens with two attached hydrogens (primary N) is 1. The van der Waals surface area contributed by atoms with Gasteiger partial charge in [0.15, 0.2) is 0 Å². The van der Waals surface area contributed by atoms with Crippen molar-refractivity contribution >= 4 is 50.2 Å². The molecule has 0 saturated carbocycles. The zero-order valence-electron chi connectivity index (χ0n) is 11.1. The molecule has 0 saturated heterocycles. The lowest BCUT2D eigenvalue weighted by Gasteiger charge is -2.10. The standard InChI is InChI=1S/C13H13ClN2O2S3/c1-8-6-9(13(15)19)2-4-11(8)21(17,18)16-7-10-3-5-12(14)20-10/h2-6,16H,7H2,1H3,(H2,15,19). The normalized spacial score (nSPS) is 11.5. The third-order valence-corrected chi connectivity index (χ3v) is 5.84. The molecule has 0 radical (unpaired) electrons. The predicted octanol–water partition coefficient (Wildman–Crippen LogP) is 2.82. The van der Waals surface area contributed by atoms with Crippen molar-refractivity contribution < 1.29 is 8.42 Å². The van der Waals surface area contributed by atoms with Gasteiger partial charge in [-0.05, 0) is 36.8 Å². The van der Waals surface area contributed by atoms with Crippen LogP contribution in [0.15, 0.2) is 35.2 Å². The quantitative estimate of drug-likeness (QED) is 0.804. The smallest absolute Gasteiger partial charge is 0.241 e. The minimum atomic E-state index is -3.59. The first-order chi connectivity index (χ1) is 9.79. The highest BCUT2D eigenvalue weighted by molar-refractivity contribution is 7.89. The summed E-state index contributed by atoms with van der Waals surface area (Å²) in [6.45, 7) is 1.91. The summed E-state index contributed by atoms with van der Waals surface area (Å²) in [7, 11) is -3.59. The number of thiophene rings is 1. The van der Waals surface area contributed by atoms with E-state index in [4.69, 9.17) is 29.6 Å². The van der Waals surface area contributed by atoms with E-state index >= 15 is 0 Å². The van der Waals surface area contributed by atoms with Crippen LogP contribution in [0.2, 0.25) is 4.34 Å². The molecular formula is C13H13ClN2O2S3. The second-order valence-corrected chi connectivity index (χ2v) is 8.35. The van der Waals surface area contributed by atoms with Gasteiger partial charge in [0.1, 0.15) is 4.99 Å². The molecule has 1 aromatic heterocycles. The summed E-state index contributed by atoms with van der Waals surface area (Å²) in [5.41, 5.74) is 6.77. The molecule has 0 aliphatic heterocycles. The highest BCUT2D eigenvalue weighted by atomic mass is 35.5. The molecule has 8 heteroatoms. The van der Waals surface area contributed by atoms with Crippen LogP contribution in [0.4, 0.5) is 0 Å². The molecular weight excluding hydrogens is 348 g/mol. The Kier molecular flexibility index (Phi) is 5.00. The minimum Gasteiger partial charge on any atom is -0.389 e. The predicted molar refractivity (Wildman–Crippen MR) is 90.4 cm³/mol. The van der Waals surface area contributed by atoms with E-state index in [2.05, 4.69) is 4.72 Å². The first-order valence-corrected chi connectivity index (χ1v) is 9.02. The lowest BCUT2D eigenvalue weighted by atomic mass is 10.1. The van der Waals surface area contributed by atoms with E-state index in [-0.39, 0.29) is 16.4 Å². The summed E-state index contributed by atoms with van der Waals surface area (Å²) < 4.78 is 27.8. The van der Waals surface area contributed by atoms with E-state index in [1.165, 1.54) is 17.4 Å². The van der Waals surface area contributed by atoms with E-state index < -0.39 is 10.0 Å². The van der Waals surface area contributed by atoms with Gasteiger partial charge >= 0.3 is 0 Å². The lowest BCUT2D eigenvalue weighted by Crippen LogP contribution is -2.24. The summed E-state index contributed by atoms with van der Waals surface area (Å²) in [6.07, 6.45) is 0. The van der Waals surface area contributed by atoms with Crippen molar-refractivity contribution in [2.24, 2.45) is 5.73 Å². The van der Waals surface area contributed by atoms with Crippen LogP contribution in [0.3, 0.4) is 0 Å². The third kappa shape index (κ3) is 4.02. The summed E-state index contributed by atoms with van der Waals surface area (Å²) in [5, 5.41) is 0. The molecule has 0 atom stereocenters. The fourth-order valence-electron chi connectivity index (χ4n) is 1.79. The molecule has 1 heterocycles. The van der Waals surface area contributed by atoms with E-state index in [9.17, 15) is 8.42 Å². The summed E-state index contributed by atoms with van der Waals surface area (Å²) in [6, 6.07) is 8.30. The van der Waals surface area contributed by atoms with Gasteiger partial charge in [0.25, 0.3) is 0 Å². The Labute approximate surface area is 138 Å². The highest BCUT2D eigenvalue weighted by Crippen LogP contribution is 2.22. The Morgan fingerprint density at radius 2 is 2.10 bits per heavy atom. The van der Waals surface area contributed by atoms with E-state index in [0.29, 0.717) is 15.5 Å². The van der Waals surface area contributed by atoms with Crippen LogP contribution >= 0.6 is 35.2 Å². The summed E-state index contributed by atoms with van der Waals surface area (Å²) >= 11 is 12.0. The lowest BCUT2D eigenvalue weighted by molar-refractivity contribution is 0.581. The fraction of sp³-hybridized carbons (Fsp3) is 0.154. The Bertz CT molecular complexity index is 784. The topological polar surface area (TPSA) is 72.2 Å². The number of sulfonamides is 1. The van der Waals surface area contributed by atoms with Crippen LogP contribution in [-0.4, -0.2) is 13.4 Å². The number of benzene rings is 1. The molecule has 4 nitrogen and oxygen atoms in total. The minimum absolute atomic E-state index is 0.205. The molecule has 0 fully saturated rings. The fourth-order valence-corrected chi connectivity index (χ4v) is 4.27. The zero-order valence-corrected chi connectivity index (χ0v) is 14.3. The van der Waals surface area contributed by atoms with Crippen molar-refractivity contribution in [1.82, 2.24) is 4.72 Å². The molecule has 2 aromatic rings. The maximum atomic E-state index is 12.3. The number of hydrogen-bond donors (Lipinski definition) is 2. The number of hydrogen-bond acceptors (Lipinski definition) is 4. The number of thiocarbonyl (C=S) groups is 1. The first kappa shape index (κ1) is 16.4. The second kappa shape index (κ2) is 6.41. The number of halogens is 1. The van der Waals surface area contributed by atoms with Crippen LogP contribution in [0.25, 0.3) is 0 Å². The molecule has 21 heavy (non-hydrogen) atoms.